The smallest absolute Gasteiger partial charge is 0.161 e. The zero-order valence-electron chi connectivity index (χ0n) is 9.91. The van der Waals surface area contributed by atoms with Crippen molar-refractivity contribution in [2.75, 3.05) is 20.8 Å². The lowest BCUT2D eigenvalue weighted by molar-refractivity contribution is 0.354. The number of allylic oxidation sites excluding steroid dienone is 1. The van der Waals surface area contributed by atoms with Crippen molar-refractivity contribution in [2.24, 2.45) is 0 Å². The molecule has 4 heteroatoms. The van der Waals surface area contributed by atoms with E-state index in [4.69, 9.17) is 14.7 Å². The van der Waals surface area contributed by atoms with E-state index in [0.717, 1.165) is 30.0 Å². The SMILES string of the molecule is COc1cc2c(cc1OC)C(=CC#N)NCC2. The van der Waals surface area contributed by atoms with Crippen LogP contribution in [-0.2, 0) is 6.42 Å². The highest BCUT2D eigenvalue weighted by molar-refractivity contribution is 5.72. The van der Waals surface area contributed by atoms with Gasteiger partial charge in [0, 0.05) is 18.2 Å². The minimum atomic E-state index is 0.679. The molecule has 2 rings (SSSR count). The Kier molecular flexibility index (Phi) is 3.20. The van der Waals surface area contributed by atoms with E-state index in [9.17, 15) is 0 Å². The average Bonchev–Trinajstić information content (AvgIpc) is 2.38. The molecule has 0 unspecified atom stereocenters. The van der Waals surface area contributed by atoms with E-state index in [0.29, 0.717) is 5.75 Å². The van der Waals surface area contributed by atoms with Crippen LogP contribution in [-0.4, -0.2) is 20.8 Å². The van der Waals surface area contributed by atoms with Crippen LogP contribution in [0.25, 0.3) is 5.70 Å². The number of hydrogen-bond acceptors (Lipinski definition) is 4. The van der Waals surface area contributed by atoms with Crippen molar-refractivity contribution in [1.82, 2.24) is 5.32 Å². The minimum Gasteiger partial charge on any atom is -0.493 e. The van der Waals surface area contributed by atoms with E-state index in [1.54, 1.807) is 14.2 Å². The summed E-state index contributed by atoms with van der Waals surface area (Å²) >= 11 is 0. The first kappa shape index (κ1) is 11.3. The first-order valence-electron chi connectivity index (χ1n) is 5.39. The van der Waals surface area contributed by atoms with E-state index in [1.165, 1.54) is 11.6 Å². The second kappa shape index (κ2) is 4.79. The lowest BCUT2D eigenvalue weighted by Crippen LogP contribution is -2.22. The maximum absolute atomic E-state index is 8.75. The lowest BCUT2D eigenvalue weighted by Gasteiger charge is -2.22. The second-order valence-electron chi connectivity index (χ2n) is 3.73. The molecule has 0 radical (unpaired) electrons. The van der Waals surface area contributed by atoms with Crippen molar-refractivity contribution in [1.29, 1.82) is 5.26 Å². The fourth-order valence-corrected chi connectivity index (χ4v) is 2.00. The Morgan fingerprint density at radius 1 is 1.29 bits per heavy atom. The second-order valence-corrected chi connectivity index (χ2v) is 3.73. The molecule has 4 nitrogen and oxygen atoms in total. The van der Waals surface area contributed by atoms with Gasteiger partial charge in [-0.1, -0.05) is 0 Å². The number of fused-ring (bicyclic) bond motifs is 1. The topological polar surface area (TPSA) is 54.3 Å². The summed E-state index contributed by atoms with van der Waals surface area (Å²) in [5.74, 6) is 1.41. The Morgan fingerprint density at radius 3 is 2.65 bits per heavy atom. The first-order valence-corrected chi connectivity index (χ1v) is 5.39. The number of ether oxygens (including phenoxy) is 2. The van der Waals surface area contributed by atoms with Gasteiger partial charge in [0.2, 0.25) is 0 Å². The maximum atomic E-state index is 8.75. The Labute approximate surface area is 100 Å². The number of benzene rings is 1. The molecule has 0 atom stereocenters. The van der Waals surface area contributed by atoms with Gasteiger partial charge in [0.25, 0.3) is 0 Å². The van der Waals surface area contributed by atoms with Crippen LogP contribution in [0.15, 0.2) is 18.2 Å². The highest BCUT2D eigenvalue weighted by Gasteiger charge is 2.17. The Balaban J connectivity index is 2.55. The molecule has 0 aromatic heterocycles. The van der Waals surface area contributed by atoms with Gasteiger partial charge in [-0.05, 0) is 24.1 Å². The third-order valence-corrected chi connectivity index (χ3v) is 2.82. The molecule has 0 fully saturated rings. The molecule has 1 aliphatic rings. The molecular weight excluding hydrogens is 216 g/mol. The molecule has 17 heavy (non-hydrogen) atoms. The summed E-state index contributed by atoms with van der Waals surface area (Å²) in [6.07, 6.45) is 2.43. The predicted molar refractivity (Wildman–Crippen MR) is 64.8 cm³/mol. The van der Waals surface area contributed by atoms with E-state index in [2.05, 4.69) is 5.32 Å². The van der Waals surface area contributed by atoms with Crippen molar-refractivity contribution in [3.8, 4) is 17.6 Å². The summed E-state index contributed by atoms with van der Waals surface area (Å²) < 4.78 is 10.5. The van der Waals surface area contributed by atoms with Crippen LogP contribution < -0.4 is 14.8 Å². The Bertz CT molecular complexity index is 501. The Morgan fingerprint density at radius 2 is 2.00 bits per heavy atom. The van der Waals surface area contributed by atoms with Gasteiger partial charge >= 0.3 is 0 Å². The third-order valence-electron chi connectivity index (χ3n) is 2.82. The van der Waals surface area contributed by atoms with Crippen LogP contribution in [0.4, 0.5) is 0 Å². The first-order chi connectivity index (χ1) is 8.30. The molecule has 1 heterocycles. The quantitative estimate of drug-likeness (QED) is 0.786. The van der Waals surface area contributed by atoms with Gasteiger partial charge in [-0.3, -0.25) is 0 Å². The molecule has 0 spiro atoms. The highest BCUT2D eigenvalue weighted by atomic mass is 16.5. The summed E-state index contributed by atoms with van der Waals surface area (Å²) in [5.41, 5.74) is 3.02. The number of rotatable bonds is 2. The zero-order chi connectivity index (χ0) is 12.3. The largest absolute Gasteiger partial charge is 0.493 e. The normalized spacial score (nSPS) is 15.7. The van der Waals surface area contributed by atoms with Crippen LogP contribution >= 0.6 is 0 Å². The van der Waals surface area contributed by atoms with E-state index < -0.39 is 0 Å². The summed E-state index contributed by atoms with van der Waals surface area (Å²) in [6.45, 7) is 0.829. The van der Waals surface area contributed by atoms with Gasteiger partial charge in [0.05, 0.1) is 26.0 Å². The molecule has 88 valence electrons. The molecule has 1 aromatic carbocycles. The number of hydrogen-bond donors (Lipinski definition) is 1. The van der Waals surface area contributed by atoms with Crippen molar-refractivity contribution in [2.45, 2.75) is 6.42 Å². The molecule has 0 saturated carbocycles. The molecule has 0 aliphatic carbocycles. The van der Waals surface area contributed by atoms with E-state index in [-0.39, 0.29) is 0 Å². The van der Waals surface area contributed by atoms with Crippen molar-refractivity contribution in [3.05, 3.63) is 29.3 Å². The molecule has 1 aliphatic heterocycles. The highest BCUT2D eigenvalue weighted by Crippen LogP contribution is 2.34. The average molecular weight is 230 g/mol. The predicted octanol–water partition coefficient (Wildman–Crippen LogP) is 1.71. The monoisotopic (exact) mass is 230 g/mol. The molecule has 1 N–H and O–H groups in total. The van der Waals surface area contributed by atoms with E-state index >= 15 is 0 Å². The van der Waals surface area contributed by atoms with Gasteiger partial charge in [-0.15, -0.1) is 0 Å². The standard InChI is InChI=1S/C13H14N2O2/c1-16-12-7-9-4-6-15-11(3-5-14)10(9)8-13(12)17-2/h3,7-8,15H,4,6H2,1-2H3. The molecular formula is C13H14N2O2. The number of nitriles is 1. The van der Waals surface area contributed by atoms with Crippen LogP contribution in [0.3, 0.4) is 0 Å². The summed E-state index contributed by atoms with van der Waals surface area (Å²) in [7, 11) is 3.23. The zero-order valence-corrected chi connectivity index (χ0v) is 9.91. The van der Waals surface area contributed by atoms with Gasteiger partial charge < -0.3 is 14.8 Å². The third kappa shape index (κ3) is 2.04. The number of methoxy groups -OCH3 is 2. The molecule has 1 aromatic rings. The van der Waals surface area contributed by atoms with E-state index in [1.807, 2.05) is 18.2 Å². The maximum Gasteiger partial charge on any atom is 0.161 e. The minimum absolute atomic E-state index is 0.679. The van der Waals surface area contributed by atoms with Crippen molar-refractivity contribution < 1.29 is 9.47 Å². The van der Waals surface area contributed by atoms with Gasteiger partial charge in [-0.25, -0.2) is 0 Å². The van der Waals surface area contributed by atoms with Crippen LogP contribution in [0.1, 0.15) is 11.1 Å². The Hall–Kier alpha value is -2.15. The lowest BCUT2D eigenvalue weighted by atomic mass is 9.97. The molecule has 0 amide bonds. The van der Waals surface area contributed by atoms with Crippen LogP contribution in [0.2, 0.25) is 0 Å². The van der Waals surface area contributed by atoms with Gasteiger partial charge in [0.15, 0.2) is 11.5 Å². The molecule has 0 bridgehead atoms. The number of nitrogens with zero attached hydrogens (tertiary/aromatic N) is 1. The summed E-state index contributed by atoms with van der Waals surface area (Å²) in [5, 5.41) is 12.0. The van der Waals surface area contributed by atoms with Crippen molar-refractivity contribution in [3.63, 3.8) is 0 Å². The summed E-state index contributed by atoms with van der Waals surface area (Å²) in [4.78, 5) is 0. The van der Waals surface area contributed by atoms with Gasteiger partial charge in [0.1, 0.15) is 0 Å². The fourth-order valence-electron chi connectivity index (χ4n) is 2.00. The van der Waals surface area contributed by atoms with Crippen molar-refractivity contribution >= 4 is 5.70 Å². The van der Waals surface area contributed by atoms with Crippen LogP contribution in [0.5, 0.6) is 11.5 Å². The van der Waals surface area contributed by atoms with Gasteiger partial charge in [-0.2, -0.15) is 5.26 Å². The molecule has 0 saturated heterocycles. The number of nitrogens with one attached hydrogen (secondary N) is 1. The summed E-state index contributed by atoms with van der Waals surface area (Å²) in [6, 6.07) is 5.93. The van der Waals surface area contributed by atoms with Crippen LogP contribution in [0, 0.1) is 11.3 Å². The fraction of sp³-hybridized carbons (Fsp3) is 0.308.